The first kappa shape index (κ1) is 14.3. The number of para-hydroxylation sites is 1. The molecule has 0 saturated heterocycles. The Morgan fingerprint density at radius 3 is 2.84 bits per heavy atom. The van der Waals surface area contributed by atoms with Crippen molar-refractivity contribution in [2.24, 2.45) is 5.92 Å². The van der Waals surface area contributed by atoms with Crippen molar-refractivity contribution in [1.29, 1.82) is 0 Å². The Bertz CT molecular complexity index is 435. The van der Waals surface area contributed by atoms with Crippen LogP contribution in [0.1, 0.15) is 26.2 Å². The lowest BCUT2D eigenvalue weighted by molar-refractivity contribution is -0.387. The normalized spacial score (nSPS) is 16.3. The van der Waals surface area contributed by atoms with Crippen LogP contribution < -0.4 is 5.32 Å². The van der Waals surface area contributed by atoms with E-state index in [1.165, 1.54) is 12.8 Å². The van der Waals surface area contributed by atoms with Gasteiger partial charge < -0.3 is 5.32 Å². The number of hydrogen-bond acceptors (Lipinski definition) is 4. The molecule has 1 aromatic carbocycles. The van der Waals surface area contributed by atoms with Crippen molar-refractivity contribution in [1.82, 2.24) is 5.32 Å². The average Bonchev–Trinajstić information content (AvgIpc) is 3.23. The number of nitrogens with zero attached hydrogens (tertiary/aromatic N) is 1. The zero-order valence-corrected chi connectivity index (χ0v) is 12.0. The van der Waals surface area contributed by atoms with Crippen molar-refractivity contribution < 1.29 is 4.92 Å². The van der Waals surface area contributed by atoms with Gasteiger partial charge in [-0.2, -0.15) is 0 Å². The zero-order chi connectivity index (χ0) is 13.7. The Kier molecular flexibility index (Phi) is 5.22. The van der Waals surface area contributed by atoms with Crippen LogP contribution in [0.25, 0.3) is 0 Å². The standard InChI is InChI=1S/C14H20N2O2S/c1-2-9-15-12(11-7-8-11)10-19-14-6-4-3-5-13(14)16(17)18/h3-6,11-12,15H,2,7-10H2,1H3. The van der Waals surface area contributed by atoms with Crippen LogP contribution in [0.5, 0.6) is 0 Å². The summed E-state index contributed by atoms with van der Waals surface area (Å²) in [5, 5.41) is 14.5. The van der Waals surface area contributed by atoms with Crippen LogP contribution in [-0.2, 0) is 0 Å². The SMILES string of the molecule is CCCNC(CSc1ccccc1[N+](=O)[O-])C1CC1. The zero-order valence-electron chi connectivity index (χ0n) is 11.2. The van der Waals surface area contributed by atoms with Crippen LogP contribution in [0.2, 0.25) is 0 Å². The minimum atomic E-state index is -0.298. The van der Waals surface area contributed by atoms with Crippen molar-refractivity contribution in [3.05, 3.63) is 34.4 Å². The fourth-order valence-electron chi connectivity index (χ4n) is 2.10. The van der Waals surface area contributed by atoms with E-state index in [-0.39, 0.29) is 10.6 Å². The first-order valence-electron chi connectivity index (χ1n) is 6.82. The van der Waals surface area contributed by atoms with Gasteiger partial charge in [-0.05, 0) is 37.8 Å². The van der Waals surface area contributed by atoms with Gasteiger partial charge in [0.05, 0.1) is 9.82 Å². The van der Waals surface area contributed by atoms with E-state index < -0.39 is 0 Å². The topological polar surface area (TPSA) is 55.2 Å². The van der Waals surface area contributed by atoms with E-state index in [1.807, 2.05) is 12.1 Å². The lowest BCUT2D eigenvalue weighted by atomic mass is 10.2. The molecule has 1 atom stereocenters. The molecule has 0 bridgehead atoms. The number of nitro benzene ring substituents is 1. The number of thioether (sulfide) groups is 1. The van der Waals surface area contributed by atoms with E-state index in [0.717, 1.165) is 29.5 Å². The molecule has 0 heterocycles. The molecule has 1 fully saturated rings. The highest BCUT2D eigenvalue weighted by molar-refractivity contribution is 7.99. The predicted octanol–water partition coefficient (Wildman–Crippen LogP) is 3.47. The summed E-state index contributed by atoms with van der Waals surface area (Å²) in [5.74, 6) is 1.68. The monoisotopic (exact) mass is 280 g/mol. The first-order chi connectivity index (χ1) is 9.22. The minimum Gasteiger partial charge on any atom is -0.313 e. The van der Waals surface area contributed by atoms with Crippen LogP contribution in [-0.4, -0.2) is 23.3 Å². The van der Waals surface area contributed by atoms with E-state index in [0.29, 0.717) is 6.04 Å². The second-order valence-electron chi connectivity index (χ2n) is 4.93. The molecular weight excluding hydrogens is 260 g/mol. The van der Waals surface area contributed by atoms with E-state index in [4.69, 9.17) is 0 Å². The molecule has 1 aliphatic rings. The fourth-order valence-corrected chi connectivity index (χ4v) is 3.31. The van der Waals surface area contributed by atoms with Crippen LogP contribution >= 0.6 is 11.8 Å². The Hall–Kier alpha value is -1.07. The lowest BCUT2D eigenvalue weighted by Crippen LogP contribution is -2.33. The maximum atomic E-state index is 11.0. The van der Waals surface area contributed by atoms with E-state index in [1.54, 1.807) is 23.9 Å². The molecule has 1 N–H and O–H groups in total. The molecule has 0 spiro atoms. The largest absolute Gasteiger partial charge is 0.313 e. The summed E-state index contributed by atoms with van der Waals surface area (Å²) in [7, 11) is 0. The lowest BCUT2D eigenvalue weighted by Gasteiger charge is -2.17. The van der Waals surface area contributed by atoms with Gasteiger partial charge in [0.2, 0.25) is 0 Å². The van der Waals surface area contributed by atoms with Crippen LogP contribution in [0.4, 0.5) is 5.69 Å². The molecule has 0 aromatic heterocycles. The molecule has 4 nitrogen and oxygen atoms in total. The number of nitrogens with one attached hydrogen (secondary N) is 1. The average molecular weight is 280 g/mol. The molecule has 1 unspecified atom stereocenters. The quantitative estimate of drug-likeness (QED) is 0.450. The van der Waals surface area contributed by atoms with Gasteiger partial charge in [0, 0.05) is 17.9 Å². The number of nitro groups is 1. The number of rotatable bonds is 8. The highest BCUT2D eigenvalue weighted by Crippen LogP contribution is 2.36. The molecule has 1 aromatic rings. The molecular formula is C14H20N2O2S. The molecule has 5 heteroatoms. The van der Waals surface area contributed by atoms with Gasteiger partial charge in [0.25, 0.3) is 5.69 Å². The summed E-state index contributed by atoms with van der Waals surface area (Å²) in [5.41, 5.74) is 0.220. The third-order valence-electron chi connectivity index (χ3n) is 3.33. The summed E-state index contributed by atoms with van der Waals surface area (Å²) in [6.45, 7) is 3.19. The molecule has 2 rings (SSSR count). The second-order valence-corrected chi connectivity index (χ2v) is 6.00. The van der Waals surface area contributed by atoms with Crippen molar-refractivity contribution in [3.8, 4) is 0 Å². The number of hydrogen-bond donors (Lipinski definition) is 1. The predicted molar refractivity (Wildman–Crippen MR) is 78.6 cm³/mol. The van der Waals surface area contributed by atoms with E-state index >= 15 is 0 Å². The summed E-state index contributed by atoms with van der Waals surface area (Å²) >= 11 is 1.60. The number of benzene rings is 1. The summed E-state index contributed by atoms with van der Waals surface area (Å²) in [4.78, 5) is 11.4. The van der Waals surface area contributed by atoms with Gasteiger partial charge in [-0.3, -0.25) is 10.1 Å². The Labute approximate surface area is 118 Å². The van der Waals surface area contributed by atoms with Gasteiger partial charge in [-0.15, -0.1) is 11.8 Å². The van der Waals surface area contributed by atoms with Gasteiger partial charge in [-0.1, -0.05) is 19.1 Å². The molecule has 1 aliphatic carbocycles. The molecule has 1 saturated carbocycles. The molecule has 0 amide bonds. The minimum absolute atomic E-state index is 0.220. The van der Waals surface area contributed by atoms with E-state index in [2.05, 4.69) is 12.2 Å². The maximum Gasteiger partial charge on any atom is 0.282 e. The second kappa shape index (κ2) is 6.91. The van der Waals surface area contributed by atoms with Crippen LogP contribution in [0, 0.1) is 16.0 Å². The fraction of sp³-hybridized carbons (Fsp3) is 0.571. The summed E-state index contributed by atoms with van der Waals surface area (Å²) in [6, 6.07) is 7.49. The van der Waals surface area contributed by atoms with Gasteiger partial charge in [0.15, 0.2) is 0 Å². The molecule has 19 heavy (non-hydrogen) atoms. The van der Waals surface area contributed by atoms with E-state index in [9.17, 15) is 10.1 Å². The molecule has 104 valence electrons. The van der Waals surface area contributed by atoms with Gasteiger partial charge in [-0.25, -0.2) is 0 Å². The van der Waals surface area contributed by atoms with Crippen molar-refractivity contribution in [2.75, 3.05) is 12.3 Å². The van der Waals surface area contributed by atoms with Crippen molar-refractivity contribution in [2.45, 2.75) is 37.1 Å². The molecule has 0 radical (unpaired) electrons. The Morgan fingerprint density at radius 2 is 2.21 bits per heavy atom. The smallest absolute Gasteiger partial charge is 0.282 e. The third kappa shape index (κ3) is 4.21. The van der Waals surface area contributed by atoms with Gasteiger partial charge >= 0.3 is 0 Å². The summed E-state index contributed by atoms with van der Waals surface area (Å²) < 4.78 is 0. The Balaban J connectivity index is 1.94. The van der Waals surface area contributed by atoms with Crippen LogP contribution in [0.3, 0.4) is 0 Å². The highest BCUT2D eigenvalue weighted by atomic mass is 32.2. The van der Waals surface area contributed by atoms with Gasteiger partial charge in [0.1, 0.15) is 0 Å². The highest BCUT2D eigenvalue weighted by Gasteiger charge is 2.31. The third-order valence-corrected chi connectivity index (χ3v) is 4.51. The van der Waals surface area contributed by atoms with Crippen LogP contribution in [0.15, 0.2) is 29.2 Å². The molecule has 0 aliphatic heterocycles. The van der Waals surface area contributed by atoms with Crippen molar-refractivity contribution >= 4 is 17.4 Å². The summed E-state index contributed by atoms with van der Waals surface area (Å²) in [6.07, 6.45) is 3.71. The first-order valence-corrected chi connectivity index (χ1v) is 7.80. The maximum absolute atomic E-state index is 11.0. The van der Waals surface area contributed by atoms with Crippen molar-refractivity contribution in [3.63, 3.8) is 0 Å². The Morgan fingerprint density at radius 1 is 1.47 bits per heavy atom.